The van der Waals surface area contributed by atoms with Crippen molar-refractivity contribution in [3.63, 3.8) is 0 Å². The minimum absolute atomic E-state index is 0.0524. The number of hydrogen-bond donors (Lipinski definition) is 2. The molecule has 0 aromatic heterocycles. The number of nitrogens with one attached hydrogen (secondary N) is 1. The SMILES string of the molecule is CSC1(CNC(=O)C2(C(N)=S)CCC2)CCC1. The second-order valence-electron chi connectivity index (χ2n) is 5.22. The van der Waals surface area contributed by atoms with Crippen molar-refractivity contribution in [3.8, 4) is 0 Å². The summed E-state index contributed by atoms with van der Waals surface area (Å²) >= 11 is 6.91. The normalized spacial score (nSPS) is 24.3. The molecule has 0 aromatic rings. The van der Waals surface area contributed by atoms with Crippen molar-refractivity contribution in [1.29, 1.82) is 0 Å². The predicted molar refractivity (Wildman–Crippen MR) is 76.2 cm³/mol. The number of carbonyl (C=O) groups is 1. The van der Waals surface area contributed by atoms with Gasteiger partial charge in [0.05, 0.1) is 10.4 Å². The van der Waals surface area contributed by atoms with Crippen molar-refractivity contribution in [2.24, 2.45) is 11.1 Å². The van der Waals surface area contributed by atoms with Gasteiger partial charge in [0, 0.05) is 11.3 Å². The zero-order valence-electron chi connectivity index (χ0n) is 10.3. The quantitative estimate of drug-likeness (QED) is 0.750. The third-order valence-corrected chi connectivity index (χ3v) is 6.19. The van der Waals surface area contributed by atoms with Gasteiger partial charge in [-0.3, -0.25) is 4.79 Å². The summed E-state index contributed by atoms with van der Waals surface area (Å²) in [6.07, 6.45) is 8.50. The molecule has 2 aliphatic carbocycles. The Morgan fingerprint density at radius 2 is 1.94 bits per heavy atom. The molecule has 3 nitrogen and oxygen atoms in total. The molecular formula is C12H20N2OS2. The van der Waals surface area contributed by atoms with Crippen molar-refractivity contribution >= 4 is 34.9 Å². The fraction of sp³-hybridized carbons (Fsp3) is 0.833. The van der Waals surface area contributed by atoms with Gasteiger partial charge in [0.2, 0.25) is 5.91 Å². The highest BCUT2D eigenvalue weighted by molar-refractivity contribution is 8.00. The molecule has 0 unspecified atom stereocenters. The van der Waals surface area contributed by atoms with Gasteiger partial charge in [-0.15, -0.1) is 0 Å². The molecule has 2 saturated carbocycles. The van der Waals surface area contributed by atoms with Gasteiger partial charge in [0.25, 0.3) is 0 Å². The Hall–Kier alpha value is -0.290. The lowest BCUT2D eigenvalue weighted by atomic mass is 9.68. The third-order valence-electron chi connectivity index (χ3n) is 4.38. The molecule has 2 rings (SSSR count). The van der Waals surface area contributed by atoms with Crippen LogP contribution in [0.4, 0.5) is 0 Å². The topological polar surface area (TPSA) is 55.1 Å². The van der Waals surface area contributed by atoms with Crippen LogP contribution in [0, 0.1) is 5.41 Å². The molecule has 0 bridgehead atoms. The van der Waals surface area contributed by atoms with Crippen LogP contribution < -0.4 is 11.1 Å². The van der Waals surface area contributed by atoms with Crippen molar-refractivity contribution in [2.75, 3.05) is 12.8 Å². The zero-order valence-corrected chi connectivity index (χ0v) is 11.9. The fourth-order valence-electron chi connectivity index (χ4n) is 2.55. The Balaban J connectivity index is 1.91. The average molecular weight is 272 g/mol. The summed E-state index contributed by atoms with van der Waals surface area (Å²) in [4.78, 5) is 12.6. The van der Waals surface area contributed by atoms with E-state index in [1.54, 1.807) is 0 Å². The maximum Gasteiger partial charge on any atom is 0.233 e. The monoisotopic (exact) mass is 272 g/mol. The zero-order chi connectivity index (χ0) is 12.5. The molecular weight excluding hydrogens is 252 g/mol. The summed E-state index contributed by atoms with van der Waals surface area (Å²) in [5.41, 5.74) is 5.19. The van der Waals surface area contributed by atoms with E-state index in [0.29, 0.717) is 4.99 Å². The number of thiocarbonyl (C=S) groups is 1. The number of nitrogens with two attached hydrogens (primary N) is 1. The van der Waals surface area contributed by atoms with Gasteiger partial charge < -0.3 is 11.1 Å². The molecule has 0 saturated heterocycles. The number of amides is 1. The first kappa shape index (κ1) is 13.1. The van der Waals surface area contributed by atoms with Gasteiger partial charge in [-0.05, 0) is 31.9 Å². The standard InChI is InChI=1S/C12H20N2OS2/c1-17-11(4-2-5-11)8-14-10(15)12(9(13)16)6-3-7-12/h2-8H2,1H3,(H2,13,16)(H,14,15). The molecule has 0 spiro atoms. The Labute approximate surface area is 112 Å². The molecule has 0 aromatic carbocycles. The van der Waals surface area contributed by atoms with Gasteiger partial charge in [-0.25, -0.2) is 0 Å². The van der Waals surface area contributed by atoms with Crippen LogP contribution in [0.2, 0.25) is 0 Å². The Morgan fingerprint density at radius 3 is 2.24 bits per heavy atom. The summed E-state index contributed by atoms with van der Waals surface area (Å²) in [7, 11) is 0. The van der Waals surface area contributed by atoms with E-state index in [-0.39, 0.29) is 10.7 Å². The smallest absolute Gasteiger partial charge is 0.233 e. The van der Waals surface area contributed by atoms with E-state index in [2.05, 4.69) is 11.6 Å². The number of rotatable bonds is 5. The van der Waals surface area contributed by atoms with Crippen molar-refractivity contribution in [1.82, 2.24) is 5.32 Å². The second-order valence-corrected chi connectivity index (χ2v) is 6.94. The van der Waals surface area contributed by atoms with E-state index >= 15 is 0 Å². The Bertz CT molecular complexity index is 330. The number of hydrogen-bond acceptors (Lipinski definition) is 3. The van der Waals surface area contributed by atoms with E-state index in [4.69, 9.17) is 18.0 Å². The van der Waals surface area contributed by atoms with Gasteiger partial charge in [0.1, 0.15) is 0 Å². The minimum Gasteiger partial charge on any atom is -0.392 e. The molecule has 0 radical (unpaired) electrons. The largest absolute Gasteiger partial charge is 0.392 e. The molecule has 3 N–H and O–H groups in total. The van der Waals surface area contributed by atoms with Gasteiger partial charge in [-0.1, -0.05) is 25.1 Å². The highest BCUT2D eigenvalue weighted by atomic mass is 32.2. The van der Waals surface area contributed by atoms with Gasteiger partial charge in [-0.2, -0.15) is 11.8 Å². The highest BCUT2D eigenvalue weighted by Crippen LogP contribution is 2.44. The first-order chi connectivity index (χ1) is 8.05. The molecule has 1 amide bonds. The molecule has 0 atom stereocenters. The van der Waals surface area contributed by atoms with Crippen molar-refractivity contribution < 1.29 is 4.79 Å². The van der Waals surface area contributed by atoms with E-state index in [9.17, 15) is 4.79 Å². The first-order valence-corrected chi connectivity index (χ1v) is 7.81. The summed E-state index contributed by atoms with van der Waals surface area (Å²) in [6.45, 7) is 0.761. The van der Waals surface area contributed by atoms with E-state index in [1.165, 1.54) is 19.3 Å². The lowest BCUT2D eigenvalue weighted by Crippen LogP contribution is -2.56. The fourth-order valence-corrected chi connectivity index (χ4v) is 3.76. The van der Waals surface area contributed by atoms with Crippen molar-refractivity contribution in [3.05, 3.63) is 0 Å². The average Bonchev–Trinajstić information content (AvgIpc) is 2.14. The summed E-state index contributed by atoms with van der Waals surface area (Å²) in [6, 6.07) is 0. The molecule has 2 aliphatic rings. The van der Waals surface area contributed by atoms with Crippen LogP contribution in [0.25, 0.3) is 0 Å². The molecule has 0 aliphatic heterocycles. The maximum absolute atomic E-state index is 12.2. The minimum atomic E-state index is -0.529. The van der Waals surface area contributed by atoms with Crippen LogP contribution in [0.5, 0.6) is 0 Å². The molecule has 96 valence electrons. The highest BCUT2D eigenvalue weighted by Gasteiger charge is 2.47. The van der Waals surface area contributed by atoms with Crippen LogP contribution in [-0.2, 0) is 4.79 Å². The predicted octanol–water partition coefficient (Wildman–Crippen LogP) is 1.84. The first-order valence-electron chi connectivity index (χ1n) is 6.18. The lowest BCUT2D eigenvalue weighted by Gasteiger charge is -2.43. The van der Waals surface area contributed by atoms with E-state index in [0.717, 1.165) is 25.8 Å². The van der Waals surface area contributed by atoms with Crippen LogP contribution in [-0.4, -0.2) is 28.4 Å². The van der Waals surface area contributed by atoms with Crippen LogP contribution in [0.1, 0.15) is 38.5 Å². The maximum atomic E-state index is 12.2. The van der Waals surface area contributed by atoms with Gasteiger partial charge >= 0.3 is 0 Å². The number of carbonyl (C=O) groups excluding carboxylic acids is 1. The molecule has 0 heterocycles. The van der Waals surface area contributed by atoms with E-state index in [1.807, 2.05) is 11.8 Å². The third kappa shape index (κ3) is 2.19. The summed E-state index contributed by atoms with van der Waals surface area (Å²) in [5.74, 6) is 0.0524. The van der Waals surface area contributed by atoms with Crippen molar-refractivity contribution in [2.45, 2.75) is 43.3 Å². The second kappa shape index (κ2) is 4.76. The van der Waals surface area contributed by atoms with Gasteiger partial charge in [0.15, 0.2) is 0 Å². The molecule has 17 heavy (non-hydrogen) atoms. The summed E-state index contributed by atoms with van der Waals surface area (Å²) < 4.78 is 0.275. The number of thioether (sulfide) groups is 1. The van der Waals surface area contributed by atoms with Crippen LogP contribution >= 0.6 is 24.0 Å². The molecule has 5 heteroatoms. The van der Waals surface area contributed by atoms with E-state index < -0.39 is 5.41 Å². The van der Waals surface area contributed by atoms with Crippen LogP contribution in [0.3, 0.4) is 0 Å². The van der Waals surface area contributed by atoms with Crippen LogP contribution in [0.15, 0.2) is 0 Å². The lowest BCUT2D eigenvalue weighted by molar-refractivity contribution is -0.131. The summed E-state index contributed by atoms with van der Waals surface area (Å²) in [5, 5.41) is 3.07. The Kier molecular flexibility index (Phi) is 3.69. The molecule has 2 fully saturated rings. The Morgan fingerprint density at radius 1 is 1.35 bits per heavy atom.